The van der Waals surface area contributed by atoms with Gasteiger partial charge in [-0.15, -0.1) is 11.3 Å². The molecule has 0 radical (unpaired) electrons. The lowest BCUT2D eigenvalue weighted by molar-refractivity contribution is 0.268. The van der Waals surface area contributed by atoms with E-state index in [9.17, 15) is 0 Å². The molecule has 0 saturated heterocycles. The van der Waals surface area contributed by atoms with Crippen molar-refractivity contribution < 1.29 is 5.11 Å². The predicted molar refractivity (Wildman–Crippen MR) is 75.8 cm³/mol. The summed E-state index contributed by atoms with van der Waals surface area (Å²) in [5.74, 6) is 0. The zero-order chi connectivity index (χ0) is 13.3. The van der Waals surface area contributed by atoms with Gasteiger partial charge in [0.1, 0.15) is 5.01 Å². The van der Waals surface area contributed by atoms with Gasteiger partial charge in [0, 0.05) is 10.9 Å². The molecule has 1 unspecified atom stereocenters. The largest absolute Gasteiger partial charge is 0.394 e. The number of aliphatic hydroxyl groups is 1. The van der Waals surface area contributed by atoms with Crippen LogP contribution in [0.15, 0.2) is 17.5 Å². The summed E-state index contributed by atoms with van der Waals surface area (Å²) in [6.07, 6.45) is 0. The molecule has 3 N–H and O–H groups in total. The average Bonchev–Trinajstić information content (AvgIpc) is 2.76. The van der Waals surface area contributed by atoms with Gasteiger partial charge < -0.3 is 10.8 Å². The Bertz CT molecular complexity index is 540. The minimum Gasteiger partial charge on any atom is -0.394 e. The van der Waals surface area contributed by atoms with Gasteiger partial charge in [-0.05, 0) is 31.9 Å². The van der Waals surface area contributed by atoms with Gasteiger partial charge in [-0.2, -0.15) is 0 Å². The van der Waals surface area contributed by atoms with Crippen molar-refractivity contribution in [3.05, 3.63) is 39.2 Å². The van der Waals surface area contributed by atoms with Crippen LogP contribution in [0.5, 0.6) is 0 Å². The van der Waals surface area contributed by atoms with Gasteiger partial charge in [0.05, 0.1) is 18.3 Å². The fourth-order valence-electron chi connectivity index (χ4n) is 2.23. The second-order valence-corrected chi connectivity index (χ2v) is 5.52. The number of nitrogens with zero attached hydrogens (tertiary/aromatic N) is 1. The fourth-order valence-corrected chi connectivity index (χ4v) is 3.04. The molecule has 1 aromatic heterocycles. The molecule has 0 spiro atoms. The molecule has 0 bridgehead atoms. The van der Waals surface area contributed by atoms with Crippen LogP contribution in [0.1, 0.15) is 27.7 Å². The lowest BCUT2D eigenvalue weighted by Crippen LogP contribution is -2.13. The van der Waals surface area contributed by atoms with Crippen LogP contribution in [0.2, 0.25) is 0 Å². The Kier molecular flexibility index (Phi) is 3.80. The molecule has 4 heteroatoms. The smallest absolute Gasteiger partial charge is 0.112 e. The minimum atomic E-state index is -0.380. The highest BCUT2D eigenvalue weighted by Crippen LogP contribution is 2.30. The molecule has 96 valence electrons. The van der Waals surface area contributed by atoms with Crippen LogP contribution in [-0.4, -0.2) is 16.7 Å². The molecule has 1 atom stereocenters. The molecule has 1 aromatic carbocycles. The molecule has 0 aliphatic carbocycles. The first kappa shape index (κ1) is 13.2. The third kappa shape index (κ3) is 2.46. The highest BCUT2D eigenvalue weighted by molar-refractivity contribution is 7.10. The number of hydrogen-bond donors (Lipinski definition) is 2. The molecular weight excluding hydrogens is 244 g/mol. The van der Waals surface area contributed by atoms with E-state index in [2.05, 4.69) is 37.9 Å². The van der Waals surface area contributed by atoms with Crippen molar-refractivity contribution >= 4 is 11.3 Å². The summed E-state index contributed by atoms with van der Waals surface area (Å²) in [5.41, 5.74) is 11.6. The van der Waals surface area contributed by atoms with Crippen molar-refractivity contribution in [2.75, 3.05) is 6.61 Å². The fraction of sp³-hybridized carbons (Fsp3) is 0.357. The minimum absolute atomic E-state index is 0.0706. The lowest BCUT2D eigenvalue weighted by atomic mass is 9.98. The molecule has 2 rings (SSSR count). The monoisotopic (exact) mass is 262 g/mol. The van der Waals surface area contributed by atoms with Gasteiger partial charge in [0.15, 0.2) is 0 Å². The van der Waals surface area contributed by atoms with Crippen molar-refractivity contribution in [1.29, 1.82) is 0 Å². The normalized spacial score (nSPS) is 12.7. The van der Waals surface area contributed by atoms with Gasteiger partial charge in [-0.25, -0.2) is 4.98 Å². The number of aliphatic hydroxyl groups excluding tert-OH is 1. The first-order chi connectivity index (χ1) is 8.52. The average molecular weight is 262 g/mol. The molecular formula is C14H18N2OS. The summed E-state index contributed by atoms with van der Waals surface area (Å²) in [7, 11) is 0. The molecule has 0 aliphatic heterocycles. The molecule has 0 aliphatic rings. The molecule has 0 saturated carbocycles. The lowest BCUT2D eigenvalue weighted by Gasteiger charge is -2.09. The van der Waals surface area contributed by atoms with Crippen LogP contribution in [0, 0.1) is 20.8 Å². The Morgan fingerprint density at radius 2 is 1.89 bits per heavy atom. The molecule has 2 aromatic rings. The van der Waals surface area contributed by atoms with Crippen molar-refractivity contribution in [2.45, 2.75) is 26.8 Å². The number of benzene rings is 1. The van der Waals surface area contributed by atoms with Crippen molar-refractivity contribution in [1.82, 2.24) is 4.98 Å². The van der Waals surface area contributed by atoms with Gasteiger partial charge >= 0.3 is 0 Å². The van der Waals surface area contributed by atoms with E-state index in [0.29, 0.717) is 0 Å². The third-order valence-electron chi connectivity index (χ3n) is 2.97. The molecule has 0 fully saturated rings. The van der Waals surface area contributed by atoms with E-state index in [1.807, 2.05) is 5.38 Å². The summed E-state index contributed by atoms with van der Waals surface area (Å²) in [6.45, 7) is 6.22. The van der Waals surface area contributed by atoms with Gasteiger partial charge in [-0.3, -0.25) is 0 Å². The SMILES string of the molecule is Cc1cc(C)c(-c2csc(C(N)CO)n2)c(C)c1. The number of aromatic nitrogens is 1. The second kappa shape index (κ2) is 5.18. The topological polar surface area (TPSA) is 59.1 Å². The summed E-state index contributed by atoms with van der Waals surface area (Å²) in [4.78, 5) is 4.54. The Morgan fingerprint density at radius 1 is 1.28 bits per heavy atom. The summed E-state index contributed by atoms with van der Waals surface area (Å²) < 4.78 is 0. The van der Waals surface area contributed by atoms with Crippen LogP contribution in [0.4, 0.5) is 0 Å². The van der Waals surface area contributed by atoms with Crippen LogP contribution in [0.25, 0.3) is 11.3 Å². The van der Waals surface area contributed by atoms with Crippen LogP contribution >= 0.6 is 11.3 Å². The Hall–Kier alpha value is -1.23. The Balaban J connectivity index is 2.46. The Labute approximate surface area is 111 Å². The van der Waals surface area contributed by atoms with Crippen molar-refractivity contribution in [3.8, 4) is 11.3 Å². The van der Waals surface area contributed by atoms with E-state index in [0.717, 1.165) is 10.7 Å². The van der Waals surface area contributed by atoms with E-state index in [1.54, 1.807) is 0 Å². The number of hydrogen-bond acceptors (Lipinski definition) is 4. The highest BCUT2D eigenvalue weighted by atomic mass is 32.1. The van der Waals surface area contributed by atoms with E-state index in [1.165, 1.54) is 33.6 Å². The molecule has 1 heterocycles. The molecule has 0 amide bonds. The number of thiazole rings is 1. The zero-order valence-corrected chi connectivity index (χ0v) is 11.7. The summed E-state index contributed by atoms with van der Waals surface area (Å²) in [6, 6.07) is 3.94. The first-order valence-corrected chi connectivity index (χ1v) is 6.81. The predicted octanol–water partition coefficient (Wildman–Crippen LogP) is 2.73. The van der Waals surface area contributed by atoms with Crippen LogP contribution < -0.4 is 5.73 Å². The maximum Gasteiger partial charge on any atom is 0.112 e. The molecule has 18 heavy (non-hydrogen) atoms. The van der Waals surface area contributed by atoms with Gasteiger partial charge in [0.2, 0.25) is 0 Å². The summed E-state index contributed by atoms with van der Waals surface area (Å²) >= 11 is 1.50. The Morgan fingerprint density at radius 3 is 2.44 bits per heavy atom. The third-order valence-corrected chi connectivity index (χ3v) is 3.95. The van der Waals surface area contributed by atoms with E-state index >= 15 is 0 Å². The van der Waals surface area contributed by atoms with Crippen molar-refractivity contribution in [2.24, 2.45) is 5.73 Å². The first-order valence-electron chi connectivity index (χ1n) is 5.93. The number of nitrogens with two attached hydrogens (primary N) is 1. The van der Waals surface area contributed by atoms with E-state index in [4.69, 9.17) is 10.8 Å². The van der Waals surface area contributed by atoms with Crippen LogP contribution in [-0.2, 0) is 0 Å². The van der Waals surface area contributed by atoms with Crippen molar-refractivity contribution in [3.63, 3.8) is 0 Å². The van der Waals surface area contributed by atoms with Gasteiger partial charge in [-0.1, -0.05) is 17.7 Å². The second-order valence-electron chi connectivity index (χ2n) is 4.63. The standard InChI is InChI=1S/C14H18N2OS/c1-8-4-9(2)13(10(3)5-8)12-7-18-14(16-12)11(15)6-17/h4-5,7,11,17H,6,15H2,1-3H3. The number of rotatable bonds is 3. The van der Waals surface area contributed by atoms with E-state index in [-0.39, 0.29) is 12.6 Å². The maximum atomic E-state index is 9.06. The maximum absolute atomic E-state index is 9.06. The number of aryl methyl sites for hydroxylation is 3. The van der Waals surface area contributed by atoms with Crippen LogP contribution in [0.3, 0.4) is 0 Å². The van der Waals surface area contributed by atoms with E-state index < -0.39 is 0 Å². The molecule has 3 nitrogen and oxygen atoms in total. The van der Waals surface area contributed by atoms with Gasteiger partial charge in [0.25, 0.3) is 0 Å². The zero-order valence-electron chi connectivity index (χ0n) is 10.9. The summed E-state index contributed by atoms with van der Waals surface area (Å²) in [5, 5.41) is 11.8. The highest BCUT2D eigenvalue weighted by Gasteiger charge is 2.13. The quantitative estimate of drug-likeness (QED) is 0.894.